The number of benzene rings is 4. The number of carbonyl (C=O) groups is 1. The van der Waals surface area contributed by atoms with Crippen molar-refractivity contribution in [2.24, 2.45) is 0 Å². The number of carbonyl (C=O) groups excluding carboxylic acids is 1. The molecule has 0 radical (unpaired) electrons. The van der Waals surface area contributed by atoms with E-state index in [0.717, 1.165) is 5.75 Å². The zero-order chi connectivity index (χ0) is 24.2. The first-order valence-electron chi connectivity index (χ1n) is 10.9. The summed E-state index contributed by atoms with van der Waals surface area (Å²) in [6.45, 7) is 0. The van der Waals surface area contributed by atoms with Gasteiger partial charge in [0.1, 0.15) is 17.2 Å². The van der Waals surface area contributed by atoms with Crippen LogP contribution < -0.4 is 20.3 Å². The third-order valence-electron chi connectivity index (χ3n) is 5.43. The van der Waals surface area contributed by atoms with Crippen molar-refractivity contribution in [3.63, 3.8) is 0 Å². The number of nitrogens with one attached hydrogen (secondary N) is 1. The van der Waals surface area contributed by atoms with Crippen LogP contribution in [0.1, 0.15) is 10.5 Å². The highest BCUT2D eigenvalue weighted by atomic mass is 16.5. The first-order chi connectivity index (χ1) is 17.1. The van der Waals surface area contributed by atoms with Crippen LogP contribution in [-0.4, -0.2) is 22.8 Å². The fraction of sp³-hybridized carbons (Fsp3) is 0.0357. The van der Waals surface area contributed by atoms with Gasteiger partial charge in [-0.05, 0) is 66.7 Å². The number of aromatic nitrogens is 2. The number of para-hydroxylation sites is 1. The van der Waals surface area contributed by atoms with Crippen LogP contribution in [0, 0.1) is 0 Å². The molecule has 1 N–H and O–H groups in total. The normalized spacial score (nSPS) is 10.7. The number of anilines is 1. The molecule has 5 rings (SSSR count). The molecule has 0 aliphatic carbocycles. The molecule has 0 aliphatic rings. The van der Waals surface area contributed by atoms with Crippen LogP contribution in [0.4, 0.5) is 5.69 Å². The summed E-state index contributed by atoms with van der Waals surface area (Å²) in [6, 6.07) is 30.3. The van der Waals surface area contributed by atoms with E-state index in [1.165, 1.54) is 4.68 Å². The molecule has 0 bridgehead atoms. The van der Waals surface area contributed by atoms with Crippen molar-refractivity contribution >= 4 is 22.4 Å². The maximum Gasteiger partial charge on any atom is 0.279 e. The molecule has 0 unspecified atom stereocenters. The Bertz CT molecular complexity index is 1540. The average Bonchev–Trinajstić information content (AvgIpc) is 2.91. The molecule has 172 valence electrons. The van der Waals surface area contributed by atoms with Gasteiger partial charge in [-0.15, -0.1) is 0 Å². The molecule has 35 heavy (non-hydrogen) atoms. The molecule has 0 saturated carbocycles. The molecule has 4 aromatic carbocycles. The van der Waals surface area contributed by atoms with Crippen molar-refractivity contribution in [1.29, 1.82) is 0 Å². The Balaban J connectivity index is 1.46. The van der Waals surface area contributed by atoms with Gasteiger partial charge in [-0.3, -0.25) is 9.59 Å². The van der Waals surface area contributed by atoms with Crippen molar-refractivity contribution in [3.05, 3.63) is 119 Å². The lowest BCUT2D eigenvalue weighted by molar-refractivity contribution is 0.102. The van der Waals surface area contributed by atoms with E-state index in [4.69, 9.17) is 9.47 Å². The van der Waals surface area contributed by atoms with Gasteiger partial charge in [-0.2, -0.15) is 9.78 Å². The van der Waals surface area contributed by atoms with Crippen molar-refractivity contribution in [3.8, 4) is 22.9 Å². The lowest BCUT2D eigenvalue weighted by Crippen LogP contribution is -2.26. The van der Waals surface area contributed by atoms with Crippen LogP contribution >= 0.6 is 0 Å². The molecule has 7 nitrogen and oxygen atoms in total. The van der Waals surface area contributed by atoms with E-state index in [0.29, 0.717) is 33.6 Å². The summed E-state index contributed by atoms with van der Waals surface area (Å²) in [5.74, 6) is 1.59. The zero-order valence-electron chi connectivity index (χ0n) is 18.8. The van der Waals surface area contributed by atoms with Crippen molar-refractivity contribution in [1.82, 2.24) is 9.78 Å². The Kier molecular flexibility index (Phi) is 5.96. The highest BCUT2D eigenvalue weighted by Gasteiger charge is 2.18. The van der Waals surface area contributed by atoms with Crippen LogP contribution in [0.3, 0.4) is 0 Å². The fourth-order valence-electron chi connectivity index (χ4n) is 3.68. The number of fused-ring (bicyclic) bond motifs is 1. The Hall–Kier alpha value is -4.91. The molecule has 0 aliphatic heterocycles. The highest BCUT2D eigenvalue weighted by Crippen LogP contribution is 2.23. The van der Waals surface area contributed by atoms with Crippen molar-refractivity contribution < 1.29 is 14.3 Å². The summed E-state index contributed by atoms with van der Waals surface area (Å²) < 4.78 is 12.2. The first kappa shape index (κ1) is 21.9. The minimum absolute atomic E-state index is 0.139. The molecular formula is C28H21N3O4. The number of nitrogens with zero attached hydrogens (tertiary/aromatic N) is 2. The van der Waals surface area contributed by atoms with Crippen LogP contribution in [0.25, 0.3) is 16.5 Å². The van der Waals surface area contributed by atoms with E-state index < -0.39 is 5.91 Å². The maximum absolute atomic E-state index is 13.3. The Morgan fingerprint density at radius 1 is 0.743 bits per heavy atom. The third kappa shape index (κ3) is 4.60. The van der Waals surface area contributed by atoms with E-state index in [9.17, 15) is 9.59 Å². The van der Waals surface area contributed by atoms with E-state index in [1.807, 2.05) is 30.3 Å². The van der Waals surface area contributed by atoms with Crippen LogP contribution in [0.15, 0.2) is 108 Å². The fourth-order valence-corrected chi connectivity index (χ4v) is 3.68. The SMILES string of the molecule is COc1ccc(-n2nc(C(=O)Nc3ccc(Oc4ccccc4)cc3)c3ccccc3c2=O)cc1. The minimum Gasteiger partial charge on any atom is -0.497 e. The van der Waals surface area contributed by atoms with E-state index in [1.54, 1.807) is 79.9 Å². The van der Waals surface area contributed by atoms with Gasteiger partial charge >= 0.3 is 0 Å². The largest absolute Gasteiger partial charge is 0.497 e. The van der Waals surface area contributed by atoms with Gasteiger partial charge in [0, 0.05) is 11.1 Å². The molecule has 0 fully saturated rings. The number of rotatable bonds is 6. The van der Waals surface area contributed by atoms with Gasteiger partial charge in [0.25, 0.3) is 11.5 Å². The van der Waals surface area contributed by atoms with E-state index in [2.05, 4.69) is 10.4 Å². The molecule has 1 heterocycles. The quantitative estimate of drug-likeness (QED) is 0.363. The van der Waals surface area contributed by atoms with Crippen LogP contribution in [-0.2, 0) is 0 Å². The first-order valence-corrected chi connectivity index (χ1v) is 10.9. The maximum atomic E-state index is 13.3. The summed E-state index contributed by atoms with van der Waals surface area (Å²) in [4.78, 5) is 26.4. The third-order valence-corrected chi connectivity index (χ3v) is 5.43. The van der Waals surface area contributed by atoms with E-state index >= 15 is 0 Å². The summed E-state index contributed by atoms with van der Waals surface area (Å²) in [5, 5.41) is 8.16. The molecule has 5 aromatic rings. The number of hydrogen-bond donors (Lipinski definition) is 1. The van der Waals surface area contributed by atoms with Crippen LogP contribution in [0.5, 0.6) is 17.2 Å². The summed E-state index contributed by atoms with van der Waals surface area (Å²) in [7, 11) is 1.57. The Morgan fingerprint density at radius 3 is 2.03 bits per heavy atom. The molecular weight excluding hydrogens is 442 g/mol. The summed E-state index contributed by atoms with van der Waals surface area (Å²) in [6.07, 6.45) is 0. The van der Waals surface area contributed by atoms with Gasteiger partial charge in [0.05, 0.1) is 18.2 Å². The lowest BCUT2D eigenvalue weighted by Gasteiger charge is -2.12. The van der Waals surface area contributed by atoms with Gasteiger partial charge in [0.2, 0.25) is 0 Å². The predicted molar refractivity (Wildman–Crippen MR) is 135 cm³/mol. The summed E-state index contributed by atoms with van der Waals surface area (Å²) in [5.41, 5.74) is 0.923. The predicted octanol–water partition coefficient (Wildman–Crippen LogP) is 5.44. The average molecular weight is 463 g/mol. The molecule has 1 aromatic heterocycles. The minimum atomic E-state index is -0.430. The monoisotopic (exact) mass is 463 g/mol. The highest BCUT2D eigenvalue weighted by molar-refractivity contribution is 6.11. The number of ether oxygens (including phenoxy) is 2. The number of hydrogen-bond acceptors (Lipinski definition) is 5. The standard InChI is InChI=1S/C28H21N3O4/c1-34-21-17-13-20(14-18-21)31-28(33)25-10-6-5-9-24(25)26(30-31)27(32)29-19-11-15-23(16-12-19)35-22-7-3-2-4-8-22/h2-18H,1H3,(H,29,32). The Morgan fingerprint density at radius 2 is 1.34 bits per heavy atom. The van der Waals surface area contributed by atoms with Gasteiger partial charge < -0.3 is 14.8 Å². The second-order valence-electron chi connectivity index (χ2n) is 7.70. The molecule has 7 heteroatoms. The molecule has 0 atom stereocenters. The zero-order valence-corrected chi connectivity index (χ0v) is 18.8. The topological polar surface area (TPSA) is 82.5 Å². The van der Waals surface area contributed by atoms with E-state index in [-0.39, 0.29) is 11.3 Å². The number of amides is 1. The molecule has 1 amide bonds. The Labute approximate surface area is 201 Å². The van der Waals surface area contributed by atoms with Crippen molar-refractivity contribution in [2.75, 3.05) is 12.4 Å². The van der Waals surface area contributed by atoms with Gasteiger partial charge in [0.15, 0.2) is 5.69 Å². The second kappa shape index (κ2) is 9.52. The van der Waals surface area contributed by atoms with Crippen LogP contribution in [0.2, 0.25) is 0 Å². The lowest BCUT2D eigenvalue weighted by atomic mass is 10.1. The van der Waals surface area contributed by atoms with Gasteiger partial charge in [-0.1, -0.05) is 36.4 Å². The molecule has 0 saturated heterocycles. The number of methoxy groups -OCH3 is 1. The summed E-state index contributed by atoms with van der Waals surface area (Å²) >= 11 is 0. The smallest absolute Gasteiger partial charge is 0.279 e. The molecule has 0 spiro atoms. The second-order valence-corrected chi connectivity index (χ2v) is 7.70. The van der Waals surface area contributed by atoms with Crippen molar-refractivity contribution in [2.45, 2.75) is 0 Å². The van der Waals surface area contributed by atoms with Gasteiger partial charge in [-0.25, -0.2) is 0 Å².